The third-order valence-corrected chi connectivity index (χ3v) is 14.3. The zero-order chi connectivity index (χ0) is 30.7. The molecule has 3 saturated carbocycles. The molecule has 0 bridgehead atoms. The van der Waals surface area contributed by atoms with Crippen LogP contribution in [0.25, 0.3) is 0 Å². The predicted octanol–water partition coefficient (Wildman–Crippen LogP) is 14.3. The minimum atomic E-state index is 0.536. The minimum absolute atomic E-state index is 0.536. The van der Waals surface area contributed by atoms with Crippen LogP contribution in [0, 0.1) is 59.2 Å². The molecule has 0 aliphatic heterocycles. The van der Waals surface area contributed by atoms with Crippen LogP contribution >= 0.6 is 0 Å². The Kier molecular flexibility index (Phi) is 14.6. The summed E-state index contributed by atoms with van der Waals surface area (Å²) in [5, 5.41) is 0. The summed E-state index contributed by atoms with van der Waals surface area (Å²) >= 11 is 0. The van der Waals surface area contributed by atoms with E-state index >= 15 is 0 Å². The molecule has 1 radical (unpaired) electrons. The molecule has 3 fully saturated rings. The fourth-order valence-corrected chi connectivity index (χ4v) is 11.6. The fourth-order valence-electron chi connectivity index (χ4n) is 11.6. The summed E-state index contributed by atoms with van der Waals surface area (Å²) < 4.78 is 0. The molecular formula is C43H77. The Morgan fingerprint density at radius 2 is 1.33 bits per heavy atom. The molecular weight excluding hydrogens is 516 g/mol. The topological polar surface area (TPSA) is 0 Å². The summed E-state index contributed by atoms with van der Waals surface area (Å²) in [7, 11) is 0. The second-order valence-electron chi connectivity index (χ2n) is 17.6. The fraction of sp³-hybridized carbons (Fsp3) is 0.930. The van der Waals surface area contributed by atoms with Gasteiger partial charge in [0.15, 0.2) is 0 Å². The Balaban J connectivity index is 1.13. The van der Waals surface area contributed by atoms with Gasteiger partial charge in [0, 0.05) is 0 Å². The van der Waals surface area contributed by atoms with Gasteiger partial charge in [0.25, 0.3) is 0 Å². The lowest BCUT2D eigenvalue weighted by Gasteiger charge is -2.58. The third-order valence-electron chi connectivity index (χ3n) is 14.3. The molecule has 0 aromatic carbocycles. The zero-order valence-corrected chi connectivity index (χ0v) is 30.2. The van der Waals surface area contributed by atoms with E-state index in [0.717, 1.165) is 47.8 Å². The van der Waals surface area contributed by atoms with Gasteiger partial charge in [-0.05, 0) is 104 Å². The Morgan fingerprint density at radius 3 is 1.95 bits per heavy atom. The van der Waals surface area contributed by atoms with E-state index in [1.165, 1.54) is 161 Å². The minimum Gasteiger partial charge on any atom is -0.0845 e. The summed E-state index contributed by atoms with van der Waals surface area (Å²) in [6.07, 6.45) is 40.8. The van der Waals surface area contributed by atoms with E-state index in [2.05, 4.69) is 47.6 Å². The first kappa shape index (κ1) is 35.6. The number of fused-ring (bicyclic) bond motifs is 5. The van der Waals surface area contributed by atoms with Crippen LogP contribution in [0.4, 0.5) is 0 Å². The van der Waals surface area contributed by atoms with Crippen molar-refractivity contribution in [3.8, 4) is 0 Å². The first-order chi connectivity index (χ1) is 20.8. The van der Waals surface area contributed by atoms with Crippen LogP contribution in [0.1, 0.15) is 202 Å². The highest BCUT2D eigenvalue weighted by Gasteiger charge is 2.59. The van der Waals surface area contributed by atoms with E-state index in [9.17, 15) is 0 Å². The van der Waals surface area contributed by atoms with Crippen LogP contribution in [0.3, 0.4) is 0 Å². The van der Waals surface area contributed by atoms with Crippen LogP contribution in [0.5, 0.6) is 0 Å². The van der Waals surface area contributed by atoms with Gasteiger partial charge < -0.3 is 0 Å². The van der Waals surface area contributed by atoms with E-state index in [0.29, 0.717) is 10.8 Å². The number of rotatable bonds is 20. The highest BCUT2D eigenvalue weighted by Crippen LogP contribution is 2.67. The van der Waals surface area contributed by atoms with Crippen molar-refractivity contribution in [1.29, 1.82) is 0 Å². The second kappa shape index (κ2) is 17.6. The highest BCUT2D eigenvalue weighted by molar-refractivity contribution is 5.25. The first-order valence-electron chi connectivity index (χ1n) is 20.3. The van der Waals surface area contributed by atoms with Gasteiger partial charge in [0.1, 0.15) is 0 Å². The maximum atomic E-state index is 3.95. The Morgan fingerprint density at radius 1 is 0.698 bits per heavy atom. The predicted molar refractivity (Wildman–Crippen MR) is 191 cm³/mol. The average Bonchev–Trinajstić information content (AvgIpc) is 3.34. The molecule has 249 valence electrons. The molecule has 4 aliphatic rings. The zero-order valence-electron chi connectivity index (χ0n) is 30.2. The van der Waals surface area contributed by atoms with E-state index in [-0.39, 0.29) is 0 Å². The molecule has 0 aromatic rings. The molecule has 4 aliphatic carbocycles. The molecule has 0 heteroatoms. The summed E-state index contributed by atoms with van der Waals surface area (Å²) in [4.78, 5) is 0. The number of hydrogen-bond donors (Lipinski definition) is 0. The van der Waals surface area contributed by atoms with Crippen molar-refractivity contribution in [2.45, 2.75) is 202 Å². The molecule has 0 saturated heterocycles. The first-order valence-corrected chi connectivity index (χ1v) is 20.3. The summed E-state index contributed by atoms with van der Waals surface area (Å²) in [6.45, 7) is 16.9. The van der Waals surface area contributed by atoms with Gasteiger partial charge in [-0.2, -0.15) is 0 Å². The monoisotopic (exact) mass is 594 g/mol. The van der Waals surface area contributed by atoms with Gasteiger partial charge in [-0.25, -0.2) is 0 Å². The molecule has 0 aromatic heterocycles. The molecule has 0 amide bonds. The van der Waals surface area contributed by atoms with E-state index < -0.39 is 0 Å². The maximum Gasteiger partial charge on any atom is -0.00851 e. The Bertz CT molecular complexity index is 805. The van der Waals surface area contributed by atoms with E-state index in [1.54, 1.807) is 0 Å². The van der Waals surface area contributed by atoms with Gasteiger partial charge in [-0.3, -0.25) is 0 Å². The summed E-state index contributed by atoms with van der Waals surface area (Å²) in [6, 6.07) is 0. The molecule has 8 atom stereocenters. The molecule has 4 rings (SSSR count). The quantitative estimate of drug-likeness (QED) is 0.0972. The Hall–Kier alpha value is -0.260. The van der Waals surface area contributed by atoms with E-state index in [1.807, 2.05) is 5.57 Å². The molecule has 4 unspecified atom stereocenters. The van der Waals surface area contributed by atoms with Crippen molar-refractivity contribution in [3.63, 3.8) is 0 Å². The molecule has 43 heavy (non-hydrogen) atoms. The van der Waals surface area contributed by atoms with Gasteiger partial charge in [0.05, 0.1) is 0 Å². The summed E-state index contributed by atoms with van der Waals surface area (Å²) in [5.74, 6) is 6.75. The smallest absolute Gasteiger partial charge is 0.00851 e. The standard InChI is InChI=1S/C43H77/c1-7-8-9-10-11-12-13-14-15-16-17-18-19-20-24-36-29-31-42(5)37(33-36)25-26-38-40-28-27-39(35(4)23-21-22-34(2)3)43(40,6)32-30-41(38)42/h25,34-36,38-41H,1,7-24,26-33H2,2-6H3/t35-,36?,38?,39-,40?,41?,42+,43-/m1/s1. The molecule has 0 N–H and O–H groups in total. The van der Waals surface area contributed by atoms with Crippen molar-refractivity contribution >= 4 is 0 Å². The average molecular weight is 594 g/mol. The number of allylic oxidation sites excluding steroid dienone is 2. The largest absolute Gasteiger partial charge is 0.0845 e. The maximum absolute atomic E-state index is 3.95. The molecule has 0 spiro atoms. The lowest BCUT2D eigenvalue weighted by atomic mass is 9.46. The van der Waals surface area contributed by atoms with Crippen LogP contribution in [-0.4, -0.2) is 0 Å². The van der Waals surface area contributed by atoms with Gasteiger partial charge in [-0.1, -0.05) is 169 Å². The van der Waals surface area contributed by atoms with Crippen molar-refractivity contribution in [1.82, 2.24) is 0 Å². The van der Waals surface area contributed by atoms with Crippen LogP contribution < -0.4 is 0 Å². The van der Waals surface area contributed by atoms with Crippen LogP contribution in [0.15, 0.2) is 11.6 Å². The SMILES string of the molecule is [CH2]CCCCCCCCCCCCCCCC1CC[C@@]2(C)C(=CCC3C2CC[C@@]2(C)C3CC[C@@H]2[C@H](C)CCCC(C)C)C1. The van der Waals surface area contributed by atoms with Crippen molar-refractivity contribution in [3.05, 3.63) is 18.6 Å². The summed E-state index contributed by atoms with van der Waals surface area (Å²) in [5.41, 5.74) is 3.09. The van der Waals surface area contributed by atoms with E-state index in [4.69, 9.17) is 0 Å². The van der Waals surface area contributed by atoms with Gasteiger partial charge in [0.2, 0.25) is 0 Å². The van der Waals surface area contributed by atoms with Crippen molar-refractivity contribution in [2.24, 2.45) is 52.3 Å². The normalized spacial score (nSPS) is 34.5. The molecule has 0 nitrogen and oxygen atoms in total. The van der Waals surface area contributed by atoms with Gasteiger partial charge in [-0.15, -0.1) is 0 Å². The lowest BCUT2D eigenvalue weighted by molar-refractivity contribution is -0.0529. The Labute approximate surface area is 271 Å². The molecule has 0 heterocycles. The van der Waals surface area contributed by atoms with Crippen LogP contribution in [-0.2, 0) is 0 Å². The third kappa shape index (κ3) is 9.40. The lowest BCUT2D eigenvalue weighted by Crippen LogP contribution is -2.50. The van der Waals surface area contributed by atoms with Gasteiger partial charge >= 0.3 is 0 Å². The van der Waals surface area contributed by atoms with Crippen molar-refractivity contribution in [2.75, 3.05) is 0 Å². The number of unbranched alkanes of at least 4 members (excludes halogenated alkanes) is 13. The van der Waals surface area contributed by atoms with Crippen molar-refractivity contribution < 1.29 is 0 Å². The van der Waals surface area contributed by atoms with Crippen LogP contribution in [0.2, 0.25) is 0 Å². The highest BCUT2D eigenvalue weighted by atomic mass is 14.6. The number of hydrogen-bond acceptors (Lipinski definition) is 0. The second-order valence-corrected chi connectivity index (χ2v) is 17.6.